The van der Waals surface area contributed by atoms with Crippen LogP contribution in [0.25, 0.3) is 0 Å². The predicted octanol–water partition coefficient (Wildman–Crippen LogP) is 5.20. The van der Waals surface area contributed by atoms with E-state index in [2.05, 4.69) is 46.8 Å². The topological polar surface area (TPSA) is 24.8 Å². The van der Waals surface area contributed by atoms with Crippen LogP contribution in [-0.2, 0) is 0 Å². The molecule has 0 bridgehead atoms. The van der Waals surface area contributed by atoms with E-state index in [0.717, 1.165) is 12.2 Å². The van der Waals surface area contributed by atoms with Crippen LogP contribution in [-0.4, -0.2) is 16.9 Å². The van der Waals surface area contributed by atoms with Crippen molar-refractivity contribution >= 4 is 17.0 Å². The molecule has 0 radical (unpaired) electrons. The minimum atomic E-state index is 0.0997. The van der Waals surface area contributed by atoms with Gasteiger partial charge in [0.25, 0.3) is 0 Å². The molecule has 3 heterocycles. The minimum absolute atomic E-state index is 0.0997. The Morgan fingerprint density at radius 1 is 1.04 bits per heavy atom. The van der Waals surface area contributed by atoms with Gasteiger partial charge in [0.05, 0.1) is 16.6 Å². The molecule has 1 aliphatic carbocycles. The summed E-state index contributed by atoms with van der Waals surface area (Å²) in [6.45, 7) is 0. The molecule has 0 unspecified atom stereocenters. The van der Waals surface area contributed by atoms with Crippen molar-refractivity contribution in [2.75, 3.05) is 0 Å². The van der Waals surface area contributed by atoms with Gasteiger partial charge >= 0.3 is 0 Å². The monoisotopic (exact) mass is 338 g/mol. The first-order chi connectivity index (χ1) is 11.9. The van der Waals surface area contributed by atoms with Crippen molar-refractivity contribution < 1.29 is 4.74 Å². The summed E-state index contributed by atoms with van der Waals surface area (Å²) in [5, 5.41) is 9.47. The number of rotatable bonds is 2. The van der Waals surface area contributed by atoms with E-state index in [1.165, 1.54) is 48.3 Å². The van der Waals surface area contributed by atoms with E-state index in [0.29, 0.717) is 12.0 Å². The number of nitrogens with zero attached hydrogens (tertiary/aromatic N) is 2. The Bertz CT molecular complexity index is 749. The van der Waals surface area contributed by atoms with E-state index in [9.17, 15) is 0 Å². The summed E-state index contributed by atoms with van der Waals surface area (Å²) < 4.78 is 6.47. The number of hydrogen-bond acceptors (Lipinski definition) is 4. The highest BCUT2D eigenvalue weighted by molar-refractivity contribution is 7.12. The third-order valence-corrected chi connectivity index (χ3v) is 6.51. The Hall–Kier alpha value is -1.81. The fourth-order valence-corrected chi connectivity index (χ4v) is 5.11. The van der Waals surface area contributed by atoms with Gasteiger partial charge in [-0.05, 0) is 30.4 Å². The van der Waals surface area contributed by atoms with Crippen LogP contribution < -0.4 is 4.74 Å². The molecular weight excluding hydrogens is 316 g/mol. The molecule has 1 saturated carbocycles. The lowest BCUT2D eigenvalue weighted by Gasteiger charge is -2.42. The van der Waals surface area contributed by atoms with Gasteiger partial charge in [-0.15, -0.1) is 11.3 Å². The number of thiophene rings is 1. The molecule has 5 rings (SSSR count). The van der Waals surface area contributed by atoms with Gasteiger partial charge in [0.2, 0.25) is 0 Å². The fourth-order valence-electron chi connectivity index (χ4n) is 4.38. The van der Waals surface area contributed by atoms with E-state index in [-0.39, 0.29) is 6.23 Å². The van der Waals surface area contributed by atoms with Crippen LogP contribution in [0.4, 0.5) is 0 Å². The van der Waals surface area contributed by atoms with Crippen molar-refractivity contribution in [1.82, 2.24) is 5.01 Å². The van der Waals surface area contributed by atoms with Crippen molar-refractivity contribution in [1.29, 1.82) is 0 Å². The third kappa shape index (κ3) is 2.35. The lowest BCUT2D eigenvalue weighted by molar-refractivity contribution is -0.0643. The number of hydrogen-bond donors (Lipinski definition) is 0. The summed E-state index contributed by atoms with van der Waals surface area (Å²) in [4.78, 5) is 1.30. The summed E-state index contributed by atoms with van der Waals surface area (Å²) in [7, 11) is 0. The van der Waals surface area contributed by atoms with Crippen LogP contribution in [0.1, 0.15) is 55.0 Å². The molecule has 2 atom stereocenters. The quantitative estimate of drug-likeness (QED) is 0.752. The highest BCUT2D eigenvalue weighted by Crippen LogP contribution is 2.46. The third-order valence-electron chi connectivity index (χ3n) is 5.59. The van der Waals surface area contributed by atoms with Crippen molar-refractivity contribution in [2.24, 2.45) is 11.0 Å². The van der Waals surface area contributed by atoms with Crippen molar-refractivity contribution in [3.63, 3.8) is 0 Å². The van der Waals surface area contributed by atoms with Crippen LogP contribution in [0.2, 0.25) is 0 Å². The molecule has 3 aliphatic rings. The van der Waals surface area contributed by atoms with E-state index in [4.69, 9.17) is 9.84 Å². The maximum absolute atomic E-state index is 6.47. The fraction of sp³-hybridized carbons (Fsp3) is 0.450. The molecule has 2 aromatic rings. The van der Waals surface area contributed by atoms with Crippen LogP contribution >= 0.6 is 11.3 Å². The molecule has 0 N–H and O–H groups in total. The van der Waals surface area contributed by atoms with Crippen LogP contribution in [0.3, 0.4) is 0 Å². The largest absolute Gasteiger partial charge is 0.468 e. The number of para-hydroxylation sites is 1. The normalized spacial score (nSPS) is 26.5. The van der Waals surface area contributed by atoms with E-state index in [1.54, 1.807) is 11.3 Å². The molecule has 0 amide bonds. The van der Waals surface area contributed by atoms with Gasteiger partial charge in [-0.3, -0.25) is 0 Å². The number of fused-ring (bicyclic) bond motifs is 3. The Balaban J connectivity index is 1.53. The van der Waals surface area contributed by atoms with Crippen molar-refractivity contribution in [3.05, 3.63) is 52.2 Å². The standard InChI is InChI=1S/C20H22N2OS/c1-2-7-14(8-3-1)20-22-17(15-9-4-5-10-18(15)23-20)13-16(21-22)19-11-6-12-24-19/h4-6,9-12,14,17,20H,1-3,7-8,13H2/t17-,20+/m0/s1. The zero-order valence-electron chi connectivity index (χ0n) is 13.7. The van der Waals surface area contributed by atoms with Gasteiger partial charge in [0.1, 0.15) is 5.75 Å². The molecule has 2 aliphatic heterocycles. The maximum atomic E-state index is 6.47. The molecule has 24 heavy (non-hydrogen) atoms. The molecule has 1 aromatic heterocycles. The van der Waals surface area contributed by atoms with Gasteiger partial charge in [0.15, 0.2) is 6.23 Å². The van der Waals surface area contributed by atoms with Gasteiger partial charge in [-0.25, -0.2) is 5.01 Å². The second-order valence-electron chi connectivity index (χ2n) is 7.07. The molecule has 1 aromatic carbocycles. The molecule has 124 valence electrons. The molecular formula is C20H22N2OS. The SMILES string of the molecule is c1csc(C2=NN3[C@@H](C4CCCCC4)Oc4ccccc4[C@@H]3C2)c1. The summed E-state index contributed by atoms with van der Waals surface area (Å²) in [5.74, 6) is 1.66. The lowest BCUT2D eigenvalue weighted by atomic mass is 9.86. The first kappa shape index (κ1) is 14.5. The molecule has 3 nitrogen and oxygen atoms in total. The number of ether oxygens (including phenoxy) is 1. The zero-order chi connectivity index (χ0) is 15.9. The van der Waals surface area contributed by atoms with E-state index < -0.39 is 0 Å². The molecule has 4 heteroatoms. The van der Waals surface area contributed by atoms with Gasteiger partial charge in [0, 0.05) is 17.9 Å². The Kier molecular flexibility index (Phi) is 3.58. The number of benzene rings is 1. The highest BCUT2D eigenvalue weighted by Gasteiger charge is 2.43. The smallest absolute Gasteiger partial charge is 0.190 e. The predicted molar refractivity (Wildman–Crippen MR) is 97.5 cm³/mol. The second kappa shape index (κ2) is 5.92. The lowest BCUT2D eigenvalue weighted by Crippen LogP contribution is -2.45. The Labute approximate surface area is 146 Å². The summed E-state index contributed by atoms with van der Waals surface area (Å²) in [5.41, 5.74) is 2.51. The summed E-state index contributed by atoms with van der Waals surface area (Å²) >= 11 is 1.79. The highest BCUT2D eigenvalue weighted by atomic mass is 32.1. The van der Waals surface area contributed by atoms with Gasteiger partial charge in [-0.1, -0.05) is 43.5 Å². The molecule has 1 fully saturated rings. The van der Waals surface area contributed by atoms with Crippen LogP contribution in [0, 0.1) is 5.92 Å². The number of hydrazone groups is 1. The second-order valence-corrected chi connectivity index (χ2v) is 8.02. The Morgan fingerprint density at radius 3 is 2.75 bits per heavy atom. The van der Waals surface area contributed by atoms with Crippen molar-refractivity contribution in [3.8, 4) is 5.75 Å². The molecule has 0 saturated heterocycles. The van der Waals surface area contributed by atoms with Crippen LogP contribution in [0.5, 0.6) is 5.75 Å². The van der Waals surface area contributed by atoms with Crippen LogP contribution in [0.15, 0.2) is 46.9 Å². The van der Waals surface area contributed by atoms with Gasteiger partial charge < -0.3 is 4.74 Å². The zero-order valence-corrected chi connectivity index (χ0v) is 14.5. The molecule has 0 spiro atoms. The van der Waals surface area contributed by atoms with Gasteiger partial charge in [-0.2, -0.15) is 5.10 Å². The average molecular weight is 338 g/mol. The maximum Gasteiger partial charge on any atom is 0.190 e. The summed E-state index contributed by atoms with van der Waals surface area (Å²) in [6, 6.07) is 13.2. The minimum Gasteiger partial charge on any atom is -0.468 e. The summed E-state index contributed by atoms with van der Waals surface area (Å²) in [6.07, 6.45) is 7.64. The Morgan fingerprint density at radius 2 is 1.92 bits per heavy atom. The first-order valence-corrected chi connectivity index (χ1v) is 9.93. The van der Waals surface area contributed by atoms with Crippen molar-refractivity contribution in [2.45, 2.75) is 50.8 Å². The first-order valence-electron chi connectivity index (χ1n) is 9.05. The average Bonchev–Trinajstić information content (AvgIpc) is 3.31. The van der Waals surface area contributed by atoms with E-state index in [1.807, 2.05) is 0 Å². The van der Waals surface area contributed by atoms with E-state index >= 15 is 0 Å².